The second-order valence-electron chi connectivity index (χ2n) is 7.10. The van der Waals surface area contributed by atoms with Crippen molar-refractivity contribution in [2.75, 3.05) is 11.9 Å². The minimum Gasteiger partial charge on any atom is -0.494 e. The van der Waals surface area contributed by atoms with Crippen LogP contribution in [0.25, 0.3) is 10.9 Å². The zero-order chi connectivity index (χ0) is 20.1. The fourth-order valence-corrected chi connectivity index (χ4v) is 3.57. The fraction of sp³-hybridized carbons (Fsp3) is 0.375. The van der Waals surface area contributed by atoms with Crippen LogP contribution < -0.4 is 10.1 Å². The summed E-state index contributed by atoms with van der Waals surface area (Å²) in [4.78, 5) is 13.1. The SMILES string of the molecule is CCCCOc1ccc(NC(=O)c2c(C)c3cc(CC)ccc3n2CC)cc1. The molecule has 0 spiro atoms. The molecule has 1 heterocycles. The number of fused-ring (bicyclic) bond motifs is 1. The Balaban J connectivity index is 1.84. The van der Waals surface area contributed by atoms with Gasteiger partial charge in [-0.2, -0.15) is 0 Å². The summed E-state index contributed by atoms with van der Waals surface area (Å²) in [5.41, 5.74) is 4.93. The number of nitrogens with one attached hydrogen (secondary N) is 1. The molecular weight excluding hydrogens is 348 g/mol. The number of aryl methyl sites for hydroxylation is 3. The van der Waals surface area contributed by atoms with E-state index in [-0.39, 0.29) is 5.91 Å². The first kappa shape index (κ1) is 20.0. The Hall–Kier alpha value is -2.75. The molecule has 0 radical (unpaired) electrons. The van der Waals surface area contributed by atoms with E-state index in [2.05, 4.69) is 48.9 Å². The van der Waals surface area contributed by atoms with E-state index in [4.69, 9.17) is 4.74 Å². The summed E-state index contributed by atoms with van der Waals surface area (Å²) in [6, 6.07) is 14.1. The summed E-state index contributed by atoms with van der Waals surface area (Å²) in [6.45, 7) is 9.87. The van der Waals surface area contributed by atoms with Crippen LogP contribution in [0.4, 0.5) is 5.69 Å². The van der Waals surface area contributed by atoms with Crippen LogP contribution in [0, 0.1) is 6.92 Å². The molecule has 3 aromatic rings. The Morgan fingerprint density at radius 3 is 2.46 bits per heavy atom. The molecule has 0 atom stereocenters. The number of hydrogen-bond acceptors (Lipinski definition) is 2. The summed E-state index contributed by atoms with van der Waals surface area (Å²) >= 11 is 0. The molecule has 0 saturated heterocycles. The number of ether oxygens (including phenoxy) is 1. The average molecular weight is 379 g/mol. The second kappa shape index (κ2) is 8.96. The quantitative estimate of drug-likeness (QED) is 0.491. The molecule has 28 heavy (non-hydrogen) atoms. The van der Waals surface area contributed by atoms with Crippen LogP contribution in [0.1, 0.15) is 55.2 Å². The van der Waals surface area contributed by atoms with Crippen LogP contribution in [0.2, 0.25) is 0 Å². The lowest BCUT2D eigenvalue weighted by Crippen LogP contribution is -2.17. The van der Waals surface area contributed by atoms with Gasteiger partial charge in [0.25, 0.3) is 5.91 Å². The Kier molecular flexibility index (Phi) is 6.40. The molecule has 3 rings (SSSR count). The van der Waals surface area contributed by atoms with Crippen molar-refractivity contribution in [3.05, 3.63) is 59.3 Å². The van der Waals surface area contributed by atoms with Gasteiger partial charge in [0, 0.05) is 23.1 Å². The van der Waals surface area contributed by atoms with Gasteiger partial charge in [-0.1, -0.05) is 26.3 Å². The van der Waals surface area contributed by atoms with Crippen molar-refractivity contribution in [1.29, 1.82) is 0 Å². The standard InChI is InChI=1S/C24H30N2O2/c1-5-8-15-28-20-12-10-19(11-13-20)25-24(27)23-17(4)21-16-18(6-2)9-14-22(21)26(23)7-3/h9-14,16H,5-8,15H2,1-4H3,(H,25,27). The molecule has 2 aromatic carbocycles. The number of carbonyl (C=O) groups excluding carboxylic acids is 1. The normalized spacial score (nSPS) is 11.0. The molecule has 1 N–H and O–H groups in total. The van der Waals surface area contributed by atoms with E-state index >= 15 is 0 Å². The molecule has 0 saturated carbocycles. The lowest BCUT2D eigenvalue weighted by atomic mass is 10.1. The van der Waals surface area contributed by atoms with E-state index in [1.807, 2.05) is 31.2 Å². The Morgan fingerprint density at radius 2 is 1.82 bits per heavy atom. The maximum Gasteiger partial charge on any atom is 0.272 e. The molecular formula is C24H30N2O2. The summed E-state index contributed by atoms with van der Waals surface area (Å²) in [6.07, 6.45) is 3.14. The summed E-state index contributed by atoms with van der Waals surface area (Å²) in [5, 5.41) is 4.20. The molecule has 4 nitrogen and oxygen atoms in total. The molecule has 0 unspecified atom stereocenters. The van der Waals surface area contributed by atoms with Crippen LogP contribution in [0.15, 0.2) is 42.5 Å². The number of nitrogens with zero attached hydrogens (tertiary/aromatic N) is 1. The third kappa shape index (κ3) is 4.06. The van der Waals surface area contributed by atoms with Crippen LogP contribution in [0.3, 0.4) is 0 Å². The number of unbranched alkanes of at least 4 members (excludes halogenated alkanes) is 1. The Bertz CT molecular complexity index is 955. The first-order chi connectivity index (χ1) is 13.6. The van der Waals surface area contributed by atoms with E-state index in [0.717, 1.165) is 66.0 Å². The number of amides is 1. The van der Waals surface area contributed by atoms with E-state index in [1.165, 1.54) is 5.56 Å². The van der Waals surface area contributed by atoms with Gasteiger partial charge in [-0.15, -0.1) is 0 Å². The monoisotopic (exact) mass is 378 g/mol. The van der Waals surface area contributed by atoms with Crippen LogP contribution in [-0.2, 0) is 13.0 Å². The van der Waals surface area contributed by atoms with Crippen molar-refractivity contribution >= 4 is 22.5 Å². The highest BCUT2D eigenvalue weighted by atomic mass is 16.5. The highest BCUT2D eigenvalue weighted by Crippen LogP contribution is 2.28. The first-order valence-corrected chi connectivity index (χ1v) is 10.2. The van der Waals surface area contributed by atoms with Crippen molar-refractivity contribution < 1.29 is 9.53 Å². The maximum absolute atomic E-state index is 13.1. The average Bonchev–Trinajstić information content (AvgIpc) is 3.00. The van der Waals surface area contributed by atoms with Crippen LogP contribution in [-0.4, -0.2) is 17.1 Å². The van der Waals surface area contributed by atoms with E-state index in [1.54, 1.807) is 0 Å². The van der Waals surface area contributed by atoms with Gasteiger partial charge in [-0.25, -0.2) is 0 Å². The van der Waals surface area contributed by atoms with Gasteiger partial charge in [0.2, 0.25) is 0 Å². The smallest absolute Gasteiger partial charge is 0.272 e. The Morgan fingerprint density at radius 1 is 1.07 bits per heavy atom. The lowest BCUT2D eigenvalue weighted by Gasteiger charge is -2.11. The van der Waals surface area contributed by atoms with Crippen molar-refractivity contribution in [3.8, 4) is 5.75 Å². The Labute approximate surface area is 167 Å². The molecule has 4 heteroatoms. The number of aromatic nitrogens is 1. The van der Waals surface area contributed by atoms with Gasteiger partial charge in [0.15, 0.2) is 0 Å². The first-order valence-electron chi connectivity index (χ1n) is 10.2. The highest BCUT2D eigenvalue weighted by molar-refractivity contribution is 6.08. The molecule has 148 valence electrons. The number of benzene rings is 2. The summed E-state index contributed by atoms with van der Waals surface area (Å²) in [5.74, 6) is 0.755. The highest BCUT2D eigenvalue weighted by Gasteiger charge is 2.20. The molecule has 0 aliphatic heterocycles. The number of carbonyl (C=O) groups is 1. The fourth-order valence-electron chi connectivity index (χ4n) is 3.57. The predicted molar refractivity (Wildman–Crippen MR) is 117 cm³/mol. The lowest BCUT2D eigenvalue weighted by molar-refractivity contribution is 0.101. The largest absolute Gasteiger partial charge is 0.494 e. The molecule has 1 aromatic heterocycles. The molecule has 0 aliphatic carbocycles. The zero-order valence-corrected chi connectivity index (χ0v) is 17.3. The number of rotatable bonds is 8. The van der Waals surface area contributed by atoms with Gasteiger partial charge >= 0.3 is 0 Å². The molecule has 0 aliphatic rings. The van der Waals surface area contributed by atoms with Gasteiger partial charge in [0.1, 0.15) is 11.4 Å². The van der Waals surface area contributed by atoms with Crippen molar-refractivity contribution in [1.82, 2.24) is 4.57 Å². The minimum atomic E-state index is -0.0757. The van der Waals surface area contributed by atoms with E-state index in [0.29, 0.717) is 0 Å². The number of anilines is 1. The second-order valence-corrected chi connectivity index (χ2v) is 7.10. The van der Waals surface area contributed by atoms with Crippen LogP contribution in [0.5, 0.6) is 5.75 Å². The third-order valence-electron chi connectivity index (χ3n) is 5.20. The molecule has 0 bridgehead atoms. The third-order valence-corrected chi connectivity index (χ3v) is 5.20. The maximum atomic E-state index is 13.1. The number of hydrogen-bond donors (Lipinski definition) is 1. The minimum absolute atomic E-state index is 0.0757. The van der Waals surface area contributed by atoms with Gasteiger partial charge in [-0.05, 0) is 74.2 Å². The van der Waals surface area contributed by atoms with Crippen LogP contribution >= 0.6 is 0 Å². The van der Waals surface area contributed by atoms with E-state index < -0.39 is 0 Å². The summed E-state index contributed by atoms with van der Waals surface area (Å²) in [7, 11) is 0. The molecule has 1 amide bonds. The van der Waals surface area contributed by atoms with Crippen molar-refractivity contribution in [2.45, 2.75) is 53.5 Å². The van der Waals surface area contributed by atoms with E-state index in [9.17, 15) is 4.79 Å². The topological polar surface area (TPSA) is 43.3 Å². The van der Waals surface area contributed by atoms with Gasteiger partial charge < -0.3 is 14.6 Å². The van der Waals surface area contributed by atoms with Gasteiger partial charge in [0.05, 0.1) is 6.61 Å². The molecule has 0 fully saturated rings. The van der Waals surface area contributed by atoms with Crippen molar-refractivity contribution in [3.63, 3.8) is 0 Å². The predicted octanol–water partition coefficient (Wildman–Crippen LogP) is 5.96. The summed E-state index contributed by atoms with van der Waals surface area (Å²) < 4.78 is 7.79. The van der Waals surface area contributed by atoms with Crippen molar-refractivity contribution in [2.24, 2.45) is 0 Å². The van der Waals surface area contributed by atoms with Gasteiger partial charge in [-0.3, -0.25) is 4.79 Å². The zero-order valence-electron chi connectivity index (χ0n) is 17.3.